The van der Waals surface area contributed by atoms with Gasteiger partial charge in [0.05, 0.1) is 16.4 Å². The highest BCUT2D eigenvalue weighted by atomic mass is 32.2. The number of allylic oxidation sites excluding steroid dienone is 1. The number of rotatable bonds is 11. The fourth-order valence-electron chi connectivity index (χ4n) is 4.36. The molecule has 204 valence electrons. The van der Waals surface area contributed by atoms with Crippen LogP contribution in [0.15, 0.2) is 54.0 Å². The third kappa shape index (κ3) is 6.66. The van der Waals surface area contributed by atoms with E-state index in [-0.39, 0.29) is 29.7 Å². The first-order valence-electron chi connectivity index (χ1n) is 12.6. The normalized spacial score (nSPS) is 16.2. The number of benzene rings is 2. The Hall–Kier alpha value is -4.12. The first-order valence-corrected chi connectivity index (χ1v) is 13.4. The average molecular weight is 552 g/mol. The first-order chi connectivity index (χ1) is 18.8. The van der Waals surface area contributed by atoms with Crippen molar-refractivity contribution < 1.29 is 28.8 Å². The topological polar surface area (TPSA) is 119 Å². The lowest BCUT2D eigenvalue weighted by Gasteiger charge is -2.18. The molecule has 2 fully saturated rings. The van der Waals surface area contributed by atoms with Crippen LogP contribution in [0.25, 0.3) is 6.08 Å². The molecule has 0 atom stereocenters. The van der Waals surface area contributed by atoms with E-state index in [9.17, 15) is 24.5 Å². The minimum atomic E-state index is -0.501. The van der Waals surface area contributed by atoms with Crippen LogP contribution in [0.4, 0.5) is 10.5 Å². The number of hydrogen-bond acceptors (Lipinski definition) is 8. The Morgan fingerprint density at radius 2 is 1.87 bits per heavy atom. The van der Waals surface area contributed by atoms with E-state index in [1.165, 1.54) is 12.1 Å². The van der Waals surface area contributed by atoms with Gasteiger partial charge in [-0.2, -0.15) is 0 Å². The molecule has 0 saturated carbocycles. The summed E-state index contributed by atoms with van der Waals surface area (Å²) in [6.07, 6.45) is 5.63. The highest BCUT2D eigenvalue weighted by Gasteiger charge is 2.37. The van der Waals surface area contributed by atoms with Gasteiger partial charge in [0.2, 0.25) is 5.91 Å². The summed E-state index contributed by atoms with van der Waals surface area (Å²) >= 11 is 0.802. The fraction of sp³-hybridized carbons (Fsp3) is 0.321. The summed E-state index contributed by atoms with van der Waals surface area (Å²) in [4.78, 5) is 51.5. The monoisotopic (exact) mass is 551 g/mol. The number of nitro benzene ring substituents is 1. The molecule has 0 unspecified atom stereocenters. The maximum absolute atomic E-state index is 13.0. The van der Waals surface area contributed by atoms with E-state index in [1.54, 1.807) is 35.3 Å². The van der Waals surface area contributed by atoms with Crippen molar-refractivity contribution in [3.8, 4) is 11.5 Å². The molecular formula is C28H29N3O7S. The van der Waals surface area contributed by atoms with E-state index in [1.807, 2.05) is 13.0 Å². The number of carbonyl (C=O) groups is 3. The lowest BCUT2D eigenvalue weighted by Crippen LogP contribution is -2.40. The van der Waals surface area contributed by atoms with E-state index < -0.39 is 16.1 Å². The fourth-order valence-corrected chi connectivity index (χ4v) is 5.20. The molecule has 0 N–H and O–H groups in total. The minimum absolute atomic E-state index is 0.00437. The van der Waals surface area contributed by atoms with Gasteiger partial charge in [0.15, 0.2) is 11.5 Å². The number of carbonyl (C=O) groups excluding carboxylic acids is 3. The third-order valence-corrected chi connectivity index (χ3v) is 7.18. The molecule has 4 rings (SSSR count). The van der Waals surface area contributed by atoms with Crippen molar-refractivity contribution in [2.75, 3.05) is 26.2 Å². The van der Waals surface area contributed by atoms with Crippen LogP contribution in [0, 0.1) is 10.1 Å². The summed E-state index contributed by atoms with van der Waals surface area (Å²) in [6.45, 7) is 7.21. The number of amides is 3. The van der Waals surface area contributed by atoms with E-state index in [0.717, 1.165) is 40.6 Å². The van der Waals surface area contributed by atoms with Gasteiger partial charge in [0.25, 0.3) is 16.8 Å². The van der Waals surface area contributed by atoms with Crippen molar-refractivity contribution in [3.63, 3.8) is 0 Å². The quantitative estimate of drug-likeness (QED) is 0.166. The van der Waals surface area contributed by atoms with E-state index >= 15 is 0 Å². The van der Waals surface area contributed by atoms with Crippen LogP contribution >= 0.6 is 11.8 Å². The Labute approximate surface area is 230 Å². The van der Waals surface area contributed by atoms with Crippen LogP contribution < -0.4 is 9.47 Å². The minimum Gasteiger partial charge on any atom is -0.490 e. The zero-order valence-electron chi connectivity index (χ0n) is 21.6. The van der Waals surface area contributed by atoms with Crippen LogP contribution in [-0.2, 0) is 22.6 Å². The number of nitro groups is 1. The van der Waals surface area contributed by atoms with Gasteiger partial charge in [-0.3, -0.25) is 29.4 Å². The number of imide groups is 1. The van der Waals surface area contributed by atoms with Crippen LogP contribution in [0.5, 0.6) is 11.5 Å². The van der Waals surface area contributed by atoms with Gasteiger partial charge in [-0.15, -0.1) is 6.58 Å². The predicted octanol–water partition coefficient (Wildman–Crippen LogP) is 4.96. The molecule has 0 aromatic heterocycles. The Bertz CT molecular complexity index is 1320. The first kappa shape index (κ1) is 27.9. The van der Waals surface area contributed by atoms with Crippen molar-refractivity contribution in [3.05, 3.63) is 80.8 Å². The van der Waals surface area contributed by atoms with Crippen molar-refractivity contribution in [1.82, 2.24) is 9.80 Å². The summed E-state index contributed by atoms with van der Waals surface area (Å²) in [5.41, 5.74) is 2.13. The molecule has 0 aliphatic carbocycles. The Balaban J connectivity index is 1.56. The Morgan fingerprint density at radius 1 is 1.15 bits per heavy atom. The van der Waals surface area contributed by atoms with Gasteiger partial charge in [-0.25, -0.2) is 0 Å². The number of non-ortho nitro benzene ring substituents is 1. The Kier molecular flexibility index (Phi) is 9.03. The maximum Gasteiger partial charge on any atom is 0.294 e. The predicted molar refractivity (Wildman–Crippen MR) is 147 cm³/mol. The molecule has 2 heterocycles. The number of likely N-dealkylation sites (tertiary alicyclic amines) is 1. The van der Waals surface area contributed by atoms with Gasteiger partial charge in [-0.05, 0) is 79.4 Å². The second kappa shape index (κ2) is 12.6. The molecule has 2 aromatic carbocycles. The zero-order chi connectivity index (χ0) is 27.9. The molecule has 2 aliphatic rings. The SMILES string of the molecule is C=CCc1cc(/C=C2/SC(=O)N(CC(=O)N3CCCC3)C2=O)cc(OCC)c1OCc1ccc([N+](=O)[O-])cc1. The summed E-state index contributed by atoms with van der Waals surface area (Å²) in [6, 6.07) is 9.65. The summed E-state index contributed by atoms with van der Waals surface area (Å²) < 4.78 is 11.9. The van der Waals surface area contributed by atoms with Crippen molar-refractivity contribution in [1.29, 1.82) is 0 Å². The molecule has 0 bridgehead atoms. The van der Waals surface area contributed by atoms with Crippen LogP contribution in [0.1, 0.15) is 36.5 Å². The van der Waals surface area contributed by atoms with Gasteiger partial charge < -0.3 is 14.4 Å². The third-order valence-electron chi connectivity index (χ3n) is 6.27. The molecule has 2 saturated heterocycles. The van der Waals surface area contributed by atoms with Crippen molar-refractivity contribution in [2.24, 2.45) is 0 Å². The molecule has 3 amide bonds. The average Bonchev–Trinajstić information content (AvgIpc) is 3.54. The summed E-state index contributed by atoms with van der Waals surface area (Å²) in [5.74, 6) is 0.224. The summed E-state index contributed by atoms with van der Waals surface area (Å²) in [5, 5.41) is 10.4. The molecular weight excluding hydrogens is 522 g/mol. The van der Waals surface area contributed by atoms with Crippen molar-refractivity contribution in [2.45, 2.75) is 32.8 Å². The van der Waals surface area contributed by atoms with E-state index in [4.69, 9.17) is 9.47 Å². The molecule has 10 nitrogen and oxygen atoms in total. The highest BCUT2D eigenvalue weighted by Crippen LogP contribution is 2.38. The molecule has 11 heteroatoms. The number of nitrogens with zero attached hydrogens (tertiary/aromatic N) is 3. The van der Waals surface area contributed by atoms with E-state index in [0.29, 0.717) is 43.2 Å². The molecule has 2 aromatic rings. The van der Waals surface area contributed by atoms with Gasteiger partial charge in [0, 0.05) is 30.8 Å². The number of hydrogen-bond donors (Lipinski definition) is 0. The van der Waals surface area contributed by atoms with Crippen LogP contribution in [0.3, 0.4) is 0 Å². The molecule has 39 heavy (non-hydrogen) atoms. The van der Waals surface area contributed by atoms with E-state index in [2.05, 4.69) is 6.58 Å². The lowest BCUT2D eigenvalue weighted by molar-refractivity contribution is -0.384. The maximum atomic E-state index is 13.0. The van der Waals surface area contributed by atoms with Crippen LogP contribution in [0.2, 0.25) is 0 Å². The summed E-state index contributed by atoms with van der Waals surface area (Å²) in [7, 11) is 0. The van der Waals surface area contributed by atoms with Crippen molar-refractivity contribution >= 4 is 40.6 Å². The standard InChI is InChI=1S/C28H29N3O7S/c1-3-7-21-14-20(16-24-27(33)30(28(34)39-24)17-25(32)29-12-5-6-13-29)15-23(37-4-2)26(21)38-18-19-8-10-22(11-9-19)31(35)36/h3,8-11,14-16H,1,4-7,12-13,17-18H2,2H3/b24-16+. The van der Waals surface area contributed by atoms with Gasteiger partial charge in [0.1, 0.15) is 13.2 Å². The molecule has 2 aliphatic heterocycles. The smallest absolute Gasteiger partial charge is 0.294 e. The zero-order valence-corrected chi connectivity index (χ0v) is 22.4. The Morgan fingerprint density at radius 3 is 2.51 bits per heavy atom. The van der Waals surface area contributed by atoms with Gasteiger partial charge >= 0.3 is 0 Å². The van der Waals surface area contributed by atoms with Crippen LogP contribution in [-0.4, -0.2) is 58.0 Å². The second-order valence-electron chi connectivity index (χ2n) is 9.00. The largest absolute Gasteiger partial charge is 0.490 e. The highest BCUT2D eigenvalue weighted by molar-refractivity contribution is 8.18. The lowest BCUT2D eigenvalue weighted by atomic mass is 10.0. The number of ether oxygens (including phenoxy) is 2. The number of thioether (sulfide) groups is 1. The molecule has 0 radical (unpaired) electrons. The molecule has 0 spiro atoms. The van der Waals surface area contributed by atoms with Gasteiger partial charge in [-0.1, -0.05) is 6.08 Å². The second-order valence-corrected chi connectivity index (χ2v) is 9.99.